The van der Waals surface area contributed by atoms with E-state index < -0.39 is 0 Å². The second-order valence-electron chi connectivity index (χ2n) is 6.89. The molecule has 1 saturated carbocycles. The molecule has 102 valence electrons. The zero-order valence-electron chi connectivity index (χ0n) is 12.3. The van der Waals surface area contributed by atoms with Crippen molar-refractivity contribution in [2.24, 2.45) is 28.6 Å². The highest BCUT2D eigenvalue weighted by Gasteiger charge is 2.56. The van der Waals surface area contributed by atoms with Gasteiger partial charge in [0.25, 0.3) is 0 Å². The summed E-state index contributed by atoms with van der Waals surface area (Å²) < 4.78 is 5.16. The van der Waals surface area contributed by atoms with E-state index in [1.807, 2.05) is 6.92 Å². The highest BCUT2D eigenvalue weighted by molar-refractivity contribution is 5.76. The van der Waals surface area contributed by atoms with E-state index >= 15 is 0 Å². The highest BCUT2D eigenvalue weighted by atomic mass is 16.5. The molecule has 0 aromatic rings. The normalized spacial score (nSPS) is 40.8. The summed E-state index contributed by atoms with van der Waals surface area (Å²) in [6.07, 6.45) is 6.91. The van der Waals surface area contributed by atoms with E-state index in [0.717, 1.165) is 12.8 Å². The number of allylic oxidation sites excluding steroid dienone is 2. The molecule has 0 heterocycles. The maximum atomic E-state index is 11.8. The fourth-order valence-electron chi connectivity index (χ4n) is 3.43. The van der Waals surface area contributed by atoms with Crippen LogP contribution in [0.15, 0.2) is 12.2 Å². The van der Waals surface area contributed by atoms with Gasteiger partial charge in [-0.25, -0.2) is 0 Å². The van der Waals surface area contributed by atoms with Gasteiger partial charge in [0.15, 0.2) is 0 Å². The molecule has 0 amide bonds. The molecule has 0 aromatic heterocycles. The molecule has 0 N–H and O–H groups in total. The van der Waals surface area contributed by atoms with E-state index in [9.17, 15) is 4.79 Å². The van der Waals surface area contributed by atoms with E-state index in [0.29, 0.717) is 23.9 Å². The molecule has 2 aliphatic rings. The molecule has 0 aromatic carbocycles. The van der Waals surface area contributed by atoms with Crippen LogP contribution in [-0.4, -0.2) is 12.6 Å². The standard InChI is InChI=1S/C16H26O2/c1-6-18-14(17)13-11(2)12(13)10-16(5)9-7-8-15(16,3)4/h7-8,11-13H,6,9-10H2,1-5H3. The zero-order chi connectivity index (χ0) is 13.6. The van der Waals surface area contributed by atoms with Gasteiger partial charge in [-0.1, -0.05) is 39.8 Å². The minimum atomic E-state index is 0.0161. The second kappa shape index (κ2) is 4.40. The van der Waals surface area contributed by atoms with Crippen molar-refractivity contribution in [2.45, 2.75) is 47.5 Å². The summed E-state index contributed by atoms with van der Waals surface area (Å²) >= 11 is 0. The van der Waals surface area contributed by atoms with Crippen LogP contribution in [0.2, 0.25) is 0 Å². The van der Waals surface area contributed by atoms with Crippen molar-refractivity contribution in [1.82, 2.24) is 0 Å². The molecule has 18 heavy (non-hydrogen) atoms. The Balaban J connectivity index is 1.98. The maximum absolute atomic E-state index is 11.8. The molecule has 0 saturated heterocycles. The predicted molar refractivity (Wildman–Crippen MR) is 73.0 cm³/mol. The lowest BCUT2D eigenvalue weighted by atomic mass is 9.66. The number of carbonyl (C=O) groups is 1. The van der Waals surface area contributed by atoms with Crippen molar-refractivity contribution in [1.29, 1.82) is 0 Å². The van der Waals surface area contributed by atoms with Crippen molar-refractivity contribution < 1.29 is 9.53 Å². The van der Waals surface area contributed by atoms with Gasteiger partial charge in [0.05, 0.1) is 12.5 Å². The molecule has 0 bridgehead atoms. The van der Waals surface area contributed by atoms with Crippen LogP contribution in [0.5, 0.6) is 0 Å². The van der Waals surface area contributed by atoms with Crippen molar-refractivity contribution in [3.8, 4) is 0 Å². The van der Waals surface area contributed by atoms with Crippen molar-refractivity contribution in [3.63, 3.8) is 0 Å². The third-order valence-electron chi connectivity index (χ3n) is 5.47. The first kappa shape index (κ1) is 13.6. The summed E-state index contributed by atoms with van der Waals surface area (Å²) in [5, 5.41) is 0. The molecule has 0 radical (unpaired) electrons. The lowest BCUT2D eigenvalue weighted by Crippen LogP contribution is -2.30. The molecular formula is C16H26O2. The smallest absolute Gasteiger partial charge is 0.309 e. The lowest BCUT2D eigenvalue weighted by molar-refractivity contribution is -0.145. The molecular weight excluding hydrogens is 224 g/mol. The average molecular weight is 250 g/mol. The van der Waals surface area contributed by atoms with Crippen molar-refractivity contribution in [2.75, 3.05) is 6.61 Å². The fourth-order valence-corrected chi connectivity index (χ4v) is 3.43. The Morgan fingerprint density at radius 1 is 1.39 bits per heavy atom. The fraction of sp³-hybridized carbons (Fsp3) is 0.812. The SMILES string of the molecule is CCOC(=O)C1C(C)C1CC1(C)CC=CC1(C)C. The van der Waals surface area contributed by atoms with Gasteiger partial charge in [-0.2, -0.15) is 0 Å². The number of esters is 1. The van der Waals surface area contributed by atoms with Crippen LogP contribution in [-0.2, 0) is 9.53 Å². The Morgan fingerprint density at radius 2 is 2.06 bits per heavy atom. The van der Waals surface area contributed by atoms with Gasteiger partial charge < -0.3 is 4.74 Å². The minimum absolute atomic E-state index is 0.0161. The third kappa shape index (κ3) is 2.10. The van der Waals surface area contributed by atoms with Gasteiger partial charge in [-0.05, 0) is 42.4 Å². The number of carbonyl (C=O) groups excluding carboxylic acids is 1. The first-order chi connectivity index (χ1) is 8.32. The van der Waals surface area contributed by atoms with E-state index in [-0.39, 0.29) is 17.3 Å². The Kier molecular flexibility index (Phi) is 3.33. The van der Waals surface area contributed by atoms with E-state index in [1.165, 1.54) is 0 Å². The number of ether oxygens (including phenoxy) is 1. The van der Waals surface area contributed by atoms with Crippen molar-refractivity contribution in [3.05, 3.63) is 12.2 Å². The summed E-state index contributed by atoms with van der Waals surface area (Å²) in [6, 6.07) is 0. The van der Waals surface area contributed by atoms with Crippen LogP contribution in [0.1, 0.15) is 47.5 Å². The monoisotopic (exact) mass is 250 g/mol. The zero-order valence-corrected chi connectivity index (χ0v) is 12.3. The molecule has 1 fully saturated rings. The van der Waals surface area contributed by atoms with Crippen LogP contribution < -0.4 is 0 Å². The molecule has 2 rings (SSSR count). The number of rotatable bonds is 4. The lowest BCUT2D eigenvalue weighted by Gasteiger charge is -2.38. The Bertz CT molecular complexity index is 369. The molecule has 4 unspecified atom stereocenters. The minimum Gasteiger partial charge on any atom is -0.466 e. The molecule has 2 aliphatic carbocycles. The van der Waals surface area contributed by atoms with Gasteiger partial charge in [0, 0.05) is 0 Å². The largest absolute Gasteiger partial charge is 0.466 e. The topological polar surface area (TPSA) is 26.3 Å². The third-order valence-corrected chi connectivity index (χ3v) is 5.47. The van der Waals surface area contributed by atoms with Crippen molar-refractivity contribution >= 4 is 5.97 Å². The van der Waals surface area contributed by atoms with Crippen LogP contribution in [0, 0.1) is 28.6 Å². The van der Waals surface area contributed by atoms with Crippen LogP contribution in [0.4, 0.5) is 0 Å². The first-order valence-electron chi connectivity index (χ1n) is 7.17. The summed E-state index contributed by atoms with van der Waals surface area (Å²) in [5.74, 6) is 1.19. The van der Waals surface area contributed by atoms with Crippen LogP contribution in [0.25, 0.3) is 0 Å². The van der Waals surface area contributed by atoms with Gasteiger partial charge in [-0.3, -0.25) is 4.79 Å². The molecule has 0 spiro atoms. The summed E-state index contributed by atoms with van der Waals surface area (Å²) in [7, 11) is 0. The van der Waals surface area contributed by atoms with E-state index in [1.54, 1.807) is 0 Å². The van der Waals surface area contributed by atoms with Gasteiger partial charge in [0.1, 0.15) is 0 Å². The van der Waals surface area contributed by atoms with Gasteiger partial charge >= 0.3 is 5.97 Å². The predicted octanol–water partition coefficient (Wildman–Crippen LogP) is 3.81. The summed E-state index contributed by atoms with van der Waals surface area (Å²) in [5.41, 5.74) is 0.543. The Hall–Kier alpha value is -0.790. The number of hydrogen-bond acceptors (Lipinski definition) is 2. The van der Waals surface area contributed by atoms with Gasteiger partial charge in [0.2, 0.25) is 0 Å². The van der Waals surface area contributed by atoms with E-state index in [4.69, 9.17) is 4.74 Å². The first-order valence-corrected chi connectivity index (χ1v) is 7.17. The second-order valence-corrected chi connectivity index (χ2v) is 6.89. The summed E-state index contributed by atoms with van der Waals surface area (Å²) in [6.45, 7) is 11.5. The van der Waals surface area contributed by atoms with Crippen LogP contribution >= 0.6 is 0 Å². The molecule has 2 heteroatoms. The maximum Gasteiger partial charge on any atom is 0.309 e. The number of hydrogen-bond donors (Lipinski definition) is 0. The quantitative estimate of drug-likeness (QED) is 0.560. The van der Waals surface area contributed by atoms with Gasteiger partial charge in [-0.15, -0.1) is 0 Å². The molecule has 0 aliphatic heterocycles. The molecule has 4 atom stereocenters. The summed E-state index contributed by atoms with van der Waals surface area (Å²) in [4.78, 5) is 11.8. The Labute approximate surface area is 111 Å². The molecule has 2 nitrogen and oxygen atoms in total. The Morgan fingerprint density at radius 3 is 2.56 bits per heavy atom. The van der Waals surface area contributed by atoms with E-state index in [2.05, 4.69) is 39.8 Å². The average Bonchev–Trinajstić information content (AvgIpc) is 2.79. The highest BCUT2D eigenvalue weighted by Crippen LogP contribution is 2.59. The van der Waals surface area contributed by atoms with Crippen LogP contribution in [0.3, 0.4) is 0 Å².